The molecule has 1 aromatic rings. The van der Waals surface area contributed by atoms with E-state index in [4.69, 9.17) is 0 Å². The molecule has 0 atom stereocenters. The Balaban J connectivity index is 2.34. The van der Waals surface area contributed by atoms with Crippen molar-refractivity contribution in [3.05, 3.63) is 29.3 Å². The van der Waals surface area contributed by atoms with Crippen molar-refractivity contribution < 1.29 is 4.79 Å². The van der Waals surface area contributed by atoms with Crippen LogP contribution in [0, 0.1) is 0 Å². The van der Waals surface area contributed by atoms with Gasteiger partial charge in [-0.1, -0.05) is 12.1 Å². The van der Waals surface area contributed by atoms with E-state index in [0.29, 0.717) is 6.42 Å². The van der Waals surface area contributed by atoms with Crippen molar-refractivity contribution >= 4 is 11.6 Å². The predicted octanol–water partition coefficient (Wildman–Crippen LogP) is 1.70. The maximum Gasteiger partial charge on any atom is 0.231 e. The molecule has 3 heteroatoms. The third-order valence-electron chi connectivity index (χ3n) is 2.91. The summed E-state index contributed by atoms with van der Waals surface area (Å²) in [6, 6.07) is 6.52. The molecule has 0 saturated carbocycles. The van der Waals surface area contributed by atoms with Crippen molar-refractivity contribution in [2.24, 2.45) is 0 Å². The third-order valence-corrected chi connectivity index (χ3v) is 2.91. The molecule has 1 aliphatic heterocycles. The van der Waals surface area contributed by atoms with Crippen LogP contribution < -0.4 is 10.2 Å². The minimum absolute atomic E-state index is 0.214. The Labute approximate surface area is 96.5 Å². The number of hydrogen-bond donors (Lipinski definition) is 1. The summed E-state index contributed by atoms with van der Waals surface area (Å²) in [7, 11) is 1.93. The second-order valence-electron chi connectivity index (χ2n) is 4.53. The number of carbonyl (C=O) groups excluding carboxylic acids is 1. The fraction of sp³-hybridized carbons (Fsp3) is 0.462. The first-order valence-corrected chi connectivity index (χ1v) is 5.72. The lowest BCUT2D eigenvalue weighted by Gasteiger charge is -2.21. The average molecular weight is 218 g/mol. The summed E-state index contributed by atoms with van der Waals surface area (Å²) in [5.74, 6) is 0.214. The molecule has 1 aliphatic rings. The van der Waals surface area contributed by atoms with Gasteiger partial charge >= 0.3 is 0 Å². The summed E-state index contributed by atoms with van der Waals surface area (Å²) in [4.78, 5) is 13.7. The monoisotopic (exact) mass is 218 g/mol. The first-order chi connectivity index (χ1) is 7.63. The lowest BCUT2D eigenvalue weighted by Crippen LogP contribution is -2.33. The van der Waals surface area contributed by atoms with Crippen molar-refractivity contribution in [2.45, 2.75) is 32.9 Å². The maximum atomic E-state index is 11.9. The predicted molar refractivity (Wildman–Crippen MR) is 65.5 cm³/mol. The van der Waals surface area contributed by atoms with Crippen molar-refractivity contribution in [3.63, 3.8) is 0 Å². The Morgan fingerprint density at radius 2 is 2.19 bits per heavy atom. The summed E-state index contributed by atoms with van der Waals surface area (Å²) in [6.07, 6.45) is 0.547. The fourth-order valence-corrected chi connectivity index (χ4v) is 2.28. The molecule has 0 spiro atoms. The highest BCUT2D eigenvalue weighted by Gasteiger charge is 2.28. The van der Waals surface area contributed by atoms with Gasteiger partial charge in [0, 0.05) is 18.3 Å². The van der Waals surface area contributed by atoms with E-state index in [0.717, 1.165) is 17.8 Å². The number of amides is 1. The van der Waals surface area contributed by atoms with Gasteiger partial charge in [0.1, 0.15) is 0 Å². The molecular formula is C13H18N2O. The molecule has 1 amide bonds. The second-order valence-corrected chi connectivity index (χ2v) is 4.53. The Bertz CT molecular complexity index is 412. The Morgan fingerprint density at radius 1 is 1.44 bits per heavy atom. The number of fused-ring (bicyclic) bond motifs is 1. The molecule has 1 aromatic carbocycles. The van der Waals surface area contributed by atoms with Crippen LogP contribution in [-0.4, -0.2) is 19.0 Å². The highest BCUT2D eigenvalue weighted by Crippen LogP contribution is 2.31. The standard InChI is InChI=1S/C13H18N2O/c1-9(2)15-12-5-4-10(8-14-3)6-11(12)7-13(15)16/h4-6,9,14H,7-8H2,1-3H3. The number of nitrogens with one attached hydrogen (secondary N) is 1. The number of nitrogens with zero attached hydrogens (tertiary/aromatic N) is 1. The topological polar surface area (TPSA) is 32.3 Å². The van der Waals surface area contributed by atoms with Gasteiger partial charge in [0.2, 0.25) is 5.91 Å². The molecule has 1 heterocycles. The van der Waals surface area contributed by atoms with Crippen LogP contribution in [-0.2, 0) is 17.8 Å². The molecule has 0 unspecified atom stereocenters. The van der Waals surface area contributed by atoms with Gasteiger partial charge in [-0.3, -0.25) is 4.79 Å². The number of benzene rings is 1. The minimum atomic E-state index is 0.214. The van der Waals surface area contributed by atoms with Crippen LogP contribution in [0.25, 0.3) is 0 Å². The molecule has 0 fully saturated rings. The van der Waals surface area contributed by atoms with Crippen LogP contribution in [0.1, 0.15) is 25.0 Å². The lowest BCUT2D eigenvalue weighted by molar-refractivity contribution is -0.117. The van der Waals surface area contributed by atoms with Gasteiger partial charge in [-0.25, -0.2) is 0 Å². The lowest BCUT2D eigenvalue weighted by atomic mass is 10.1. The summed E-state index contributed by atoms with van der Waals surface area (Å²) in [5.41, 5.74) is 3.48. The van der Waals surface area contributed by atoms with Gasteiger partial charge in [0.15, 0.2) is 0 Å². The van der Waals surface area contributed by atoms with Crippen molar-refractivity contribution in [3.8, 4) is 0 Å². The van der Waals surface area contributed by atoms with Crippen LogP contribution in [0.3, 0.4) is 0 Å². The molecular weight excluding hydrogens is 200 g/mol. The first-order valence-electron chi connectivity index (χ1n) is 5.72. The summed E-state index contributed by atoms with van der Waals surface area (Å²) < 4.78 is 0. The quantitative estimate of drug-likeness (QED) is 0.837. The summed E-state index contributed by atoms with van der Waals surface area (Å²) >= 11 is 0. The number of anilines is 1. The van der Waals surface area contributed by atoms with Crippen molar-refractivity contribution in [1.82, 2.24) is 5.32 Å². The molecule has 3 nitrogen and oxygen atoms in total. The Hall–Kier alpha value is -1.35. The largest absolute Gasteiger partial charge is 0.316 e. The number of hydrogen-bond acceptors (Lipinski definition) is 2. The van der Waals surface area contributed by atoms with E-state index < -0.39 is 0 Å². The maximum absolute atomic E-state index is 11.9. The molecule has 16 heavy (non-hydrogen) atoms. The van der Waals surface area contributed by atoms with Gasteiger partial charge in [-0.2, -0.15) is 0 Å². The number of carbonyl (C=O) groups is 1. The van der Waals surface area contributed by atoms with Crippen molar-refractivity contribution in [2.75, 3.05) is 11.9 Å². The molecule has 1 N–H and O–H groups in total. The van der Waals surface area contributed by atoms with E-state index in [2.05, 4.69) is 37.4 Å². The molecule has 0 radical (unpaired) electrons. The van der Waals surface area contributed by atoms with Crippen LogP contribution >= 0.6 is 0 Å². The minimum Gasteiger partial charge on any atom is -0.316 e. The summed E-state index contributed by atoms with van der Waals surface area (Å²) in [6.45, 7) is 4.95. The fourth-order valence-electron chi connectivity index (χ4n) is 2.28. The van der Waals surface area contributed by atoms with E-state index in [1.165, 1.54) is 5.56 Å². The van der Waals surface area contributed by atoms with E-state index in [1.54, 1.807) is 0 Å². The zero-order valence-corrected chi connectivity index (χ0v) is 10.1. The molecule has 0 bridgehead atoms. The van der Waals surface area contributed by atoms with Crippen molar-refractivity contribution in [1.29, 1.82) is 0 Å². The van der Waals surface area contributed by atoms with Gasteiger partial charge in [0.25, 0.3) is 0 Å². The van der Waals surface area contributed by atoms with Gasteiger partial charge < -0.3 is 10.2 Å². The van der Waals surface area contributed by atoms with Crippen LogP contribution in [0.5, 0.6) is 0 Å². The second kappa shape index (κ2) is 4.26. The highest BCUT2D eigenvalue weighted by molar-refractivity contribution is 6.01. The van der Waals surface area contributed by atoms with Gasteiger partial charge in [0.05, 0.1) is 6.42 Å². The van der Waals surface area contributed by atoms with Crippen LogP contribution in [0.15, 0.2) is 18.2 Å². The zero-order chi connectivity index (χ0) is 11.7. The van der Waals surface area contributed by atoms with Gasteiger partial charge in [-0.15, -0.1) is 0 Å². The molecule has 0 saturated heterocycles. The smallest absolute Gasteiger partial charge is 0.231 e. The van der Waals surface area contributed by atoms with E-state index >= 15 is 0 Å². The normalized spacial score (nSPS) is 14.8. The molecule has 86 valence electrons. The number of rotatable bonds is 3. The average Bonchev–Trinajstić information content (AvgIpc) is 2.53. The summed E-state index contributed by atoms with van der Waals surface area (Å²) in [5, 5.41) is 3.12. The van der Waals surface area contributed by atoms with Gasteiger partial charge in [-0.05, 0) is 38.1 Å². The third kappa shape index (κ3) is 1.83. The Kier molecular flexibility index (Phi) is 2.97. The SMILES string of the molecule is CNCc1ccc2c(c1)CC(=O)N2C(C)C. The zero-order valence-electron chi connectivity index (χ0n) is 10.1. The van der Waals surface area contributed by atoms with E-state index in [1.807, 2.05) is 11.9 Å². The molecule has 0 aliphatic carbocycles. The first kappa shape index (κ1) is 11.1. The highest BCUT2D eigenvalue weighted by atomic mass is 16.2. The van der Waals surface area contributed by atoms with E-state index in [-0.39, 0.29) is 11.9 Å². The Morgan fingerprint density at radius 3 is 2.81 bits per heavy atom. The van der Waals surface area contributed by atoms with E-state index in [9.17, 15) is 4.79 Å². The molecule has 2 rings (SSSR count). The van der Waals surface area contributed by atoms with Crippen LogP contribution in [0.4, 0.5) is 5.69 Å². The van der Waals surface area contributed by atoms with Crippen LogP contribution in [0.2, 0.25) is 0 Å². The molecule has 0 aromatic heterocycles.